The third-order valence-electron chi connectivity index (χ3n) is 5.63. The van der Waals surface area contributed by atoms with Crippen molar-refractivity contribution in [3.63, 3.8) is 0 Å². The maximum Gasteiger partial charge on any atom is 0.244 e. The molecular formula is C17H30N2O. The number of nitrogens with one attached hydrogen (secondary N) is 1. The van der Waals surface area contributed by atoms with Crippen LogP contribution in [-0.2, 0) is 4.79 Å². The van der Waals surface area contributed by atoms with E-state index in [0.717, 1.165) is 25.2 Å². The quantitative estimate of drug-likeness (QED) is 0.859. The van der Waals surface area contributed by atoms with Gasteiger partial charge in [-0.05, 0) is 50.4 Å². The van der Waals surface area contributed by atoms with Crippen molar-refractivity contribution < 1.29 is 4.79 Å². The lowest BCUT2D eigenvalue weighted by atomic mass is 9.97. The molecule has 3 aliphatic rings. The zero-order valence-corrected chi connectivity index (χ0v) is 13.3. The van der Waals surface area contributed by atoms with Crippen molar-refractivity contribution >= 4 is 5.91 Å². The van der Waals surface area contributed by atoms with Gasteiger partial charge in [0.2, 0.25) is 5.91 Å². The summed E-state index contributed by atoms with van der Waals surface area (Å²) in [5.74, 6) is 1.85. The second-order valence-electron chi connectivity index (χ2n) is 7.86. The molecule has 3 unspecified atom stereocenters. The first-order valence-corrected chi connectivity index (χ1v) is 8.62. The van der Waals surface area contributed by atoms with Gasteiger partial charge in [0.25, 0.3) is 0 Å². The third-order valence-corrected chi connectivity index (χ3v) is 5.63. The number of hydrogen-bond donors (Lipinski definition) is 1. The molecule has 0 aromatic carbocycles. The number of carbonyl (C=O) groups excluding carboxylic acids is 1. The van der Waals surface area contributed by atoms with Gasteiger partial charge in [-0.1, -0.05) is 33.6 Å². The van der Waals surface area contributed by atoms with E-state index in [0.29, 0.717) is 17.9 Å². The smallest absolute Gasteiger partial charge is 0.244 e. The van der Waals surface area contributed by atoms with E-state index in [1.165, 1.54) is 32.1 Å². The minimum atomic E-state index is -0.189. The lowest BCUT2D eigenvalue weighted by Crippen LogP contribution is -2.45. The maximum absolute atomic E-state index is 13.1. The van der Waals surface area contributed by atoms with Crippen LogP contribution in [0.25, 0.3) is 0 Å². The minimum Gasteiger partial charge on any atom is -0.323 e. The highest BCUT2D eigenvalue weighted by molar-refractivity contribution is 5.89. The second-order valence-corrected chi connectivity index (χ2v) is 7.86. The molecular weight excluding hydrogens is 248 g/mol. The Hall–Kier alpha value is -0.570. The summed E-state index contributed by atoms with van der Waals surface area (Å²) in [6.07, 6.45) is 9.62. The summed E-state index contributed by atoms with van der Waals surface area (Å²) >= 11 is 0. The number of amides is 1. The standard InChI is InChI=1S/C17H30N2O/c1-12(2)10-15-18-17(8-4-5-9-17)16(20)19(15)14-7-6-13(3)11-14/h12-15,18H,4-11H2,1-3H3. The van der Waals surface area contributed by atoms with Crippen LogP contribution < -0.4 is 5.32 Å². The van der Waals surface area contributed by atoms with E-state index in [9.17, 15) is 4.79 Å². The van der Waals surface area contributed by atoms with Gasteiger partial charge in [-0.3, -0.25) is 10.1 Å². The average molecular weight is 278 g/mol. The van der Waals surface area contributed by atoms with Crippen molar-refractivity contribution in [2.45, 2.75) is 89.9 Å². The molecule has 3 atom stereocenters. The van der Waals surface area contributed by atoms with Gasteiger partial charge in [0.15, 0.2) is 0 Å². The number of nitrogens with zero attached hydrogens (tertiary/aromatic N) is 1. The van der Waals surface area contributed by atoms with E-state index in [2.05, 4.69) is 31.0 Å². The second kappa shape index (κ2) is 5.32. The number of rotatable bonds is 3. The molecule has 1 aliphatic heterocycles. The molecule has 0 aromatic heterocycles. The Labute approximate surface area is 123 Å². The SMILES string of the molecule is CC(C)CC1NC2(CCCC2)C(=O)N1C1CCC(C)C1. The fourth-order valence-corrected chi connectivity index (χ4v) is 4.64. The molecule has 1 saturated heterocycles. The van der Waals surface area contributed by atoms with Gasteiger partial charge in [0, 0.05) is 6.04 Å². The molecule has 20 heavy (non-hydrogen) atoms. The molecule has 0 aromatic rings. The first kappa shape index (κ1) is 14.4. The van der Waals surface area contributed by atoms with Crippen LogP contribution in [0.1, 0.15) is 72.1 Å². The van der Waals surface area contributed by atoms with Crippen LogP contribution in [0.3, 0.4) is 0 Å². The van der Waals surface area contributed by atoms with Crippen LogP contribution in [0.2, 0.25) is 0 Å². The molecule has 0 radical (unpaired) electrons. The number of hydrogen-bond acceptors (Lipinski definition) is 2. The van der Waals surface area contributed by atoms with Crippen molar-refractivity contribution in [3.05, 3.63) is 0 Å². The molecule has 1 N–H and O–H groups in total. The Morgan fingerprint density at radius 1 is 1.30 bits per heavy atom. The van der Waals surface area contributed by atoms with E-state index in [1.54, 1.807) is 0 Å². The predicted octanol–water partition coefficient (Wildman–Crippen LogP) is 3.29. The Morgan fingerprint density at radius 3 is 2.55 bits per heavy atom. The molecule has 1 heterocycles. The largest absolute Gasteiger partial charge is 0.323 e. The van der Waals surface area contributed by atoms with Crippen LogP contribution in [-0.4, -0.2) is 28.6 Å². The molecule has 2 saturated carbocycles. The molecule has 1 spiro atoms. The normalized spacial score (nSPS) is 36.7. The molecule has 114 valence electrons. The van der Waals surface area contributed by atoms with E-state index in [4.69, 9.17) is 0 Å². The summed E-state index contributed by atoms with van der Waals surface area (Å²) < 4.78 is 0. The summed E-state index contributed by atoms with van der Waals surface area (Å²) in [4.78, 5) is 15.4. The van der Waals surface area contributed by atoms with E-state index in [-0.39, 0.29) is 11.7 Å². The Morgan fingerprint density at radius 2 is 2.00 bits per heavy atom. The Kier molecular flexibility index (Phi) is 3.83. The van der Waals surface area contributed by atoms with E-state index in [1.807, 2.05) is 0 Å². The van der Waals surface area contributed by atoms with Gasteiger partial charge < -0.3 is 4.90 Å². The van der Waals surface area contributed by atoms with E-state index >= 15 is 0 Å². The molecule has 3 rings (SSSR count). The molecule has 3 heteroatoms. The minimum absolute atomic E-state index is 0.189. The van der Waals surface area contributed by atoms with Crippen LogP contribution in [0.5, 0.6) is 0 Å². The highest BCUT2D eigenvalue weighted by Crippen LogP contribution is 2.41. The fraction of sp³-hybridized carbons (Fsp3) is 0.941. The van der Waals surface area contributed by atoms with Gasteiger partial charge in [-0.25, -0.2) is 0 Å². The molecule has 3 nitrogen and oxygen atoms in total. The van der Waals surface area contributed by atoms with Crippen LogP contribution in [0, 0.1) is 11.8 Å². The summed E-state index contributed by atoms with van der Waals surface area (Å²) in [6.45, 7) is 6.86. The number of carbonyl (C=O) groups is 1. The van der Waals surface area contributed by atoms with Gasteiger partial charge in [0.05, 0.1) is 11.7 Å². The molecule has 2 aliphatic carbocycles. The average Bonchev–Trinajstić information content (AvgIpc) is 3.04. The monoisotopic (exact) mass is 278 g/mol. The topological polar surface area (TPSA) is 32.3 Å². The highest BCUT2D eigenvalue weighted by Gasteiger charge is 2.54. The molecule has 1 amide bonds. The summed E-state index contributed by atoms with van der Waals surface area (Å²) in [7, 11) is 0. The maximum atomic E-state index is 13.1. The predicted molar refractivity (Wildman–Crippen MR) is 81.2 cm³/mol. The first-order chi connectivity index (χ1) is 9.52. The Bertz CT molecular complexity index is 373. The van der Waals surface area contributed by atoms with E-state index < -0.39 is 0 Å². The van der Waals surface area contributed by atoms with Gasteiger partial charge in [-0.2, -0.15) is 0 Å². The van der Waals surface area contributed by atoms with Crippen molar-refractivity contribution in [2.24, 2.45) is 11.8 Å². The van der Waals surface area contributed by atoms with Crippen LogP contribution in [0.4, 0.5) is 0 Å². The molecule has 3 fully saturated rings. The van der Waals surface area contributed by atoms with Crippen LogP contribution in [0.15, 0.2) is 0 Å². The van der Waals surface area contributed by atoms with Crippen molar-refractivity contribution in [1.29, 1.82) is 0 Å². The van der Waals surface area contributed by atoms with Crippen molar-refractivity contribution in [3.8, 4) is 0 Å². The zero-order chi connectivity index (χ0) is 14.3. The fourth-order valence-electron chi connectivity index (χ4n) is 4.64. The third kappa shape index (κ3) is 2.38. The summed E-state index contributed by atoms with van der Waals surface area (Å²) in [5.41, 5.74) is -0.189. The van der Waals surface area contributed by atoms with Crippen molar-refractivity contribution in [2.75, 3.05) is 0 Å². The lowest BCUT2D eigenvalue weighted by Gasteiger charge is -2.31. The van der Waals surface area contributed by atoms with Crippen LogP contribution >= 0.6 is 0 Å². The zero-order valence-electron chi connectivity index (χ0n) is 13.3. The summed E-state index contributed by atoms with van der Waals surface area (Å²) in [6, 6.07) is 0.494. The molecule has 0 bridgehead atoms. The first-order valence-electron chi connectivity index (χ1n) is 8.62. The van der Waals surface area contributed by atoms with Gasteiger partial charge in [0.1, 0.15) is 0 Å². The summed E-state index contributed by atoms with van der Waals surface area (Å²) in [5, 5.41) is 3.77. The highest BCUT2D eigenvalue weighted by atomic mass is 16.2. The van der Waals surface area contributed by atoms with Crippen molar-refractivity contribution in [1.82, 2.24) is 10.2 Å². The Balaban J connectivity index is 1.81. The lowest BCUT2D eigenvalue weighted by molar-refractivity contribution is -0.135. The van der Waals surface area contributed by atoms with Gasteiger partial charge in [-0.15, -0.1) is 0 Å². The van der Waals surface area contributed by atoms with Gasteiger partial charge >= 0.3 is 0 Å².